The van der Waals surface area contributed by atoms with Gasteiger partial charge in [0.1, 0.15) is 0 Å². The molecule has 0 bridgehead atoms. The first kappa shape index (κ1) is 14.7. The molecule has 0 heterocycles. The maximum Gasteiger partial charge on any atom is 0.395 e. The molecule has 0 aliphatic heterocycles. The summed E-state index contributed by atoms with van der Waals surface area (Å²) in [5.41, 5.74) is 5.05. The minimum Gasteiger partial charge on any atom is -0.378 e. The number of halogens is 3. The maximum atomic E-state index is 12.3. The van der Waals surface area contributed by atoms with E-state index in [-0.39, 0.29) is 12.7 Å². The Balaban J connectivity index is 3.91. The molecule has 0 saturated carbocycles. The molecule has 0 aliphatic rings. The van der Waals surface area contributed by atoms with E-state index in [4.69, 9.17) is 10.5 Å². The van der Waals surface area contributed by atoms with E-state index in [1.165, 1.54) is 0 Å². The molecule has 0 amide bonds. The Morgan fingerprint density at radius 3 is 2.07 bits per heavy atom. The molecule has 0 rings (SSSR count). The molecule has 2 N–H and O–H groups in total. The second-order valence-corrected chi connectivity index (χ2v) is 4.25. The zero-order valence-electron chi connectivity index (χ0n) is 9.47. The number of ether oxygens (including phenoxy) is 1. The van der Waals surface area contributed by atoms with Gasteiger partial charge in [0.25, 0.3) is 0 Å². The molecule has 0 fully saturated rings. The van der Waals surface area contributed by atoms with E-state index in [0.29, 0.717) is 5.92 Å². The molecular weight excluding hydrogens is 207 g/mol. The van der Waals surface area contributed by atoms with E-state index in [1.54, 1.807) is 6.92 Å². The van der Waals surface area contributed by atoms with Gasteiger partial charge < -0.3 is 10.5 Å². The van der Waals surface area contributed by atoms with Crippen molar-refractivity contribution < 1.29 is 17.9 Å². The Morgan fingerprint density at radius 1 is 1.20 bits per heavy atom. The summed E-state index contributed by atoms with van der Waals surface area (Å²) in [6.07, 6.45) is -3.65. The van der Waals surface area contributed by atoms with Crippen molar-refractivity contribution >= 4 is 0 Å². The molecule has 0 aromatic rings. The fourth-order valence-corrected chi connectivity index (χ4v) is 1.31. The van der Waals surface area contributed by atoms with Crippen molar-refractivity contribution in [3.63, 3.8) is 0 Å². The van der Waals surface area contributed by atoms with Crippen LogP contribution in [0.2, 0.25) is 0 Å². The van der Waals surface area contributed by atoms with Gasteiger partial charge in [0.05, 0.1) is 18.6 Å². The average molecular weight is 227 g/mol. The summed E-state index contributed by atoms with van der Waals surface area (Å²) >= 11 is 0. The SMILES string of the molecule is CC(C)CC(C)OCC(CN)C(F)(F)F. The third-order valence-electron chi connectivity index (χ3n) is 2.13. The lowest BCUT2D eigenvalue weighted by Crippen LogP contribution is -2.35. The predicted molar refractivity (Wildman–Crippen MR) is 53.5 cm³/mol. The summed E-state index contributed by atoms with van der Waals surface area (Å²) < 4.78 is 42.0. The van der Waals surface area contributed by atoms with Crippen LogP contribution in [0.5, 0.6) is 0 Å². The summed E-state index contributed by atoms with van der Waals surface area (Å²) in [5.74, 6) is -1.13. The third-order valence-corrected chi connectivity index (χ3v) is 2.13. The molecule has 0 radical (unpaired) electrons. The van der Waals surface area contributed by atoms with Crippen LogP contribution in [-0.4, -0.2) is 25.4 Å². The highest BCUT2D eigenvalue weighted by molar-refractivity contribution is 4.68. The molecule has 2 unspecified atom stereocenters. The van der Waals surface area contributed by atoms with Gasteiger partial charge in [-0.25, -0.2) is 0 Å². The van der Waals surface area contributed by atoms with Crippen LogP contribution in [-0.2, 0) is 4.74 Å². The smallest absolute Gasteiger partial charge is 0.378 e. The van der Waals surface area contributed by atoms with Gasteiger partial charge in [0.2, 0.25) is 0 Å². The Labute approximate surface area is 89.0 Å². The monoisotopic (exact) mass is 227 g/mol. The Hall–Kier alpha value is -0.290. The summed E-state index contributed by atoms with van der Waals surface area (Å²) in [5, 5.41) is 0. The van der Waals surface area contributed by atoms with Crippen LogP contribution < -0.4 is 5.73 Å². The highest BCUT2D eigenvalue weighted by Gasteiger charge is 2.38. The van der Waals surface area contributed by atoms with Gasteiger partial charge in [-0.3, -0.25) is 0 Å². The number of alkyl halides is 3. The van der Waals surface area contributed by atoms with Gasteiger partial charge in [0.15, 0.2) is 0 Å². The fourth-order valence-electron chi connectivity index (χ4n) is 1.31. The Kier molecular flexibility index (Phi) is 6.20. The van der Waals surface area contributed by atoms with E-state index in [1.807, 2.05) is 13.8 Å². The highest BCUT2D eigenvalue weighted by atomic mass is 19.4. The zero-order chi connectivity index (χ0) is 12.1. The number of nitrogens with two attached hydrogens (primary N) is 1. The van der Waals surface area contributed by atoms with E-state index in [0.717, 1.165) is 6.42 Å². The number of hydrogen-bond donors (Lipinski definition) is 1. The number of rotatable bonds is 6. The second-order valence-electron chi connectivity index (χ2n) is 4.25. The van der Waals surface area contributed by atoms with Crippen molar-refractivity contribution in [1.82, 2.24) is 0 Å². The van der Waals surface area contributed by atoms with Gasteiger partial charge in [-0.2, -0.15) is 13.2 Å². The lowest BCUT2D eigenvalue weighted by atomic mass is 10.1. The second kappa shape index (κ2) is 6.33. The van der Waals surface area contributed by atoms with Crippen molar-refractivity contribution in [2.45, 2.75) is 39.5 Å². The van der Waals surface area contributed by atoms with E-state index in [9.17, 15) is 13.2 Å². The van der Waals surface area contributed by atoms with Crippen LogP contribution in [0.15, 0.2) is 0 Å². The average Bonchev–Trinajstić information content (AvgIpc) is 2.01. The first-order chi connectivity index (χ1) is 6.77. The van der Waals surface area contributed by atoms with Crippen LogP contribution in [0.4, 0.5) is 13.2 Å². The quantitative estimate of drug-likeness (QED) is 0.757. The molecule has 2 nitrogen and oxygen atoms in total. The summed E-state index contributed by atoms with van der Waals surface area (Å²) in [6.45, 7) is 5.03. The van der Waals surface area contributed by atoms with E-state index < -0.39 is 18.6 Å². The minimum atomic E-state index is -4.26. The predicted octanol–water partition coefficient (Wildman–Crippen LogP) is 2.57. The highest BCUT2D eigenvalue weighted by Crippen LogP contribution is 2.26. The standard InChI is InChI=1S/C10H20F3NO/c1-7(2)4-8(3)15-6-9(5-14)10(11,12)13/h7-9H,4-6,14H2,1-3H3. The molecular formula is C10H20F3NO. The van der Waals surface area contributed by atoms with Crippen molar-refractivity contribution in [2.24, 2.45) is 17.6 Å². The van der Waals surface area contributed by atoms with Gasteiger partial charge >= 0.3 is 6.18 Å². The summed E-state index contributed by atoms with van der Waals surface area (Å²) in [7, 11) is 0. The molecule has 0 aliphatic carbocycles. The lowest BCUT2D eigenvalue weighted by molar-refractivity contribution is -0.189. The first-order valence-corrected chi connectivity index (χ1v) is 5.15. The molecule has 0 aromatic carbocycles. The minimum absolute atomic E-state index is 0.151. The zero-order valence-corrected chi connectivity index (χ0v) is 9.47. The molecule has 0 aromatic heterocycles. The Morgan fingerprint density at radius 2 is 1.73 bits per heavy atom. The molecule has 15 heavy (non-hydrogen) atoms. The van der Waals surface area contributed by atoms with Gasteiger partial charge in [0, 0.05) is 6.54 Å². The lowest BCUT2D eigenvalue weighted by Gasteiger charge is -2.21. The normalized spacial score (nSPS) is 16.8. The van der Waals surface area contributed by atoms with Gasteiger partial charge in [-0.05, 0) is 19.3 Å². The van der Waals surface area contributed by atoms with Crippen LogP contribution in [0.3, 0.4) is 0 Å². The topological polar surface area (TPSA) is 35.2 Å². The van der Waals surface area contributed by atoms with Gasteiger partial charge in [-0.15, -0.1) is 0 Å². The number of hydrogen-bond acceptors (Lipinski definition) is 2. The molecule has 0 saturated heterocycles. The fraction of sp³-hybridized carbons (Fsp3) is 1.00. The van der Waals surface area contributed by atoms with Crippen molar-refractivity contribution in [3.05, 3.63) is 0 Å². The molecule has 92 valence electrons. The van der Waals surface area contributed by atoms with Crippen LogP contribution in [0.1, 0.15) is 27.2 Å². The Bertz CT molecular complexity index is 171. The van der Waals surface area contributed by atoms with Crippen molar-refractivity contribution in [2.75, 3.05) is 13.2 Å². The van der Waals surface area contributed by atoms with Crippen LogP contribution in [0, 0.1) is 11.8 Å². The molecule has 2 atom stereocenters. The van der Waals surface area contributed by atoms with Crippen LogP contribution >= 0.6 is 0 Å². The third kappa shape index (κ3) is 6.73. The van der Waals surface area contributed by atoms with Crippen molar-refractivity contribution in [1.29, 1.82) is 0 Å². The van der Waals surface area contributed by atoms with E-state index >= 15 is 0 Å². The summed E-state index contributed by atoms with van der Waals surface area (Å²) in [4.78, 5) is 0. The van der Waals surface area contributed by atoms with Crippen molar-refractivity contribution in [3.8, 4) is 0 Å². The maximum absolute atomic E-state index is 12.3. The molecule has 5 heteroatoms. The van der Waals surface area contributed by atoms with Gasteiger partial charge in [-0.1, -0.05) is 13.8 Å². The first-order valence-electron chi connectivity index (χ1n) is 5.15. The van der Waals surface area contributed by atoms with Crippen LogP contribution in [0.25, 0.3) is 0 Å². The summed E-state index contributed by atoms with van der Waals surface area (Å²) in [6, 6.07) is 0. The van der Waals surface area contributed by atoms with E-state index in [2.05, 4.69) is 0 Å². The largest absolute Gasteiger partial charge is 0.395 e. The molecule has 0 spiro atoms.